The van der Waals surface area contributed by atoms with Gasteiger partial charge in [-0.05, 0) is 51.1 Å². The standard InChI is InChI=1S/C13H24N2O2/c1-17-13(16)11-4-6-15(7-5-11)9-10-2-3-12(14)8-10/h10-12H,2-9,14H2,1H3/t10-,12-/m0/s1. The first-order chi connectivity index (χ1) is 8.19. The fraction of sp³-hybridized carbons (Fsp3) is 0.923. The molecular formula is C13H24N2O2. The Kier molecular flexibility index (Phi) is 4.40. The summed E-state index contributed by atoms with van der Waals surface area (Å²) >= 11 is 0. The summed E-state index contributed by atoms with van der Waals surface area (Å²) in [6, 6.07) is 0.424. The molecule has 2 rings (SSSR count). The van der Waals surface area contributed by atoms with Crippen molar-refractivity contribution < 1.29 is 9.53 Å². The molecule has 0 radical (unpaired) electrons. The van der Waals surface area contributed by atoms with Crippen molar-refractivity contribution >= 4 is 5.97 Å². The summed E-state index contributed by atoms with van der Waals surface area (Å²) < 4.78 is 4.80. The van der Waals surface area contributed by atoms with Crippen molar-refractivity contribution in [2.45, 2.75) is 38.1 Å². The largest absolute Gasteiger partial charge is 0.469 e. The van der Waals surface area contributed by atoms with Crippen molar-refractivity contribution in [3.63, 3.8) is 0 Å². The second-order valence-electron chi connectivity index (χ2n) is 5.54. The number of methoxy groups -OCH3 is 1. The van der Waals surface area contributed by atoms with Crippen LogP contribution in [0.3, 0.4) is 0 Å². The minimum atomic E-state index is -0.0347. The van der Waals surface area contributed by atoms with Crippen LogP contribution in [0.4, 0.5) is 0 Å². The van der Waals surface area contributed by atoms with E-state index in [-0.39, 0.29) is 11.9 Å². The molecule has 0 amide bonds. The van der Waals surface area contributed by atoms with Gasteiger partial charge < -0.3 is 15.4 Å². The van der Waals surface area contributed by atoms with Crippen LogP contribution in [0.1, 0.15) is 32.1 Å². The molecule has 1 aliphatic heterocycles. The van der Waals surface area contributed by atoms with Crippen LogP contribution in [0.15, 0.2) is 0 Å². The van der Waals surface area contributed by atoms with Gasteiger partial charge >= 0.3 is 5.97 Å². The first-order valence-corrected chi connectivity index (χ1v) is 6.74. The Hall–Kier alpha value is -0.610. The summed E-state index contributed by atoms with van der Waals surface area (Å²) in [6.45, 7) is 3.23. The number of esters is 1. The predicted octanol–water partition coefficient (Wildman–Crippen LogP) is 0.999. The van der Waals surface area contributed by atoms with Gasteiger partial charge in [0.25, 0.3) is 0 Å². The van der Waals surface area contributed by atoms with Crippen LogP contribution >= 0.6 is 0 Å². The third kappa shape index (κ3) is 3.42. The fourth-order valence-electron chi connectivity index (χ4n) is 3.16. The Bertz CT molecular complexity index is 262. The van der Waals surface area contributed by atoms with E-state index in [1.807, 2.05) is 0 Å². The lowest BCUT2D eigenvalue weighted by Crippen LogP contribution is -2.39. The fourth-order valence-corrected chi connectivity index (χ4v) is 3.16. The number of likely N-dealkylation sites (tertiary alicyclic amines) is 1. The number of ether oxygens (including phenoxy) is 1. The second kappa shape index (κ2) is 5.83. The van der Waals surface area contributed by atoms with Gasteiger partial charge in [-0.25, -0.2) is 0 Å². The van der Waals surface area contributed by atoms with Crippen LogP contribution in [0.5, 0.6) is 0 Å². The van der Waals surface area contributed by atoms with Crippen LogP contribution in [0.25, 0.3) is 0 Å². The molecule has 1 saturated carbocycles. The lowest BCUT2D eigenvalue weighted by Gasteiger charge is -2.32. The number of rotatable bonds is 3. The van der Waals surface area contributed by atoms with Gasteiger partial charge in [0.15, 0.2) is 0 Å². The zero-order valence-electron chi connectivity index (χ0n) is 10.7. The molecule has 2 atom stereocenters. The number of carbonyl (C=O) groups is 1. The van der Waals surface area contributed by atoms with Crippen molar-refractivity contribution in [2.75, 3.05) is 26.7 Å². The number of piperidine rings is 1. The summed E-state index contributed by atoms with van der Waals surface area (Å²) in [7, 11) is 1.48. The maximum Gasteiger partial charge on any atom is 0.308 e. The zero-order chi connectivity index (χ0) is 12.3. The highest BCUT2D eigenvalue weighted by atomic mass is 16.5. The number of carbonyl (C=O) groups excluding carboxylic acids is 1. The molecule has 1 saturated heterocycles. The summed E-state index contributed by atoms with van der Waals surface area (Å²) in [4.78, 5) is 13.9. The van der Waals surface area contributed by atoms with Crippen molar-refractivity contribution in [3.05, 3.63) is 0 Å². The Morgan fingerprint density at radius 2 is 2.00 bits per heavy atom. The van der Waals surface area contributed by atoms with Gasteiger partial charge in [0.2, 0.25) is 0 Å². The Balaban J connectivity index is 1.70. The van der Waals surface area contributed by atoms with Crippen LogP contribution in [-0.4, -0.2) is 43.7 Å². The highest BCUT2D eigenvalue weighted by molar-refractivity contribution is 5.72. The molecule has 2 fully saturated rings. The van der Waals surface area contributed by atoms with E-state index in [9.17, 15) is 4.79 Å². The minimum absolute atomic E-state index is 0.0347. The molecule has 0 bridgehead atoms. The first kappa shape index (κ1) is 12.8. The van der Waals surface area contributed by atoms with Crippen molar-refractivity contribution in [1.82, 2.24) is 4.90 Å². The normalized spacial score (nSPS) is 31.6. The molecule has 0 spiro atoms. The van der Waals surface area contributed by atoms with Crippen LogP contribution in [0, 0.1) is 11.8 Å². The molecule has 0 aromatic heterocycles. The molecule has 0 aromatic carbocycles. The molecule has 2 aliphatic rings. The lowest BCUT2D eigenvalue weighted by atomic mass is 9.96. The molecule has 4 nitrogen and oxygen atoms in total. The first-order valence-electron chi connectivity index (χ1n) is 6.74. The summed E-state index contributed by atoms with van der Waals surface area (Å²) in [5, 5.41) is 0. The van der Waals surface area contributed by atoms with Crippen LogP contribution < -0.4 is 5.73 Å². The Morgan fingerprint density at radius 1 is 1.29 bits per heavy atom. The van der Waals surface area contributed by atoms with E-state index >= 15 is 0 Å². The van der Waals surface area contributed by atoms with E-state index < -0.39 is 0 Å². The second-order valence-corrected chi connectivity index (χ2v) is 5.54. The average Bonchev–Trinajstić information content (AvgIpc) is 2.75. The van der Waals surface area contributed by atoms with Gasteiger partial charge in [0.1, 0.15) is 0 Å². The summed E-state index contributed by atoms with van der Waals surface area (Å²) in [5.41, 5.74) is 5.93. The Labute approximate surface area is 103 Å². The van der Waals surface area contributed by atoms with E-state index in [4.69, 9.17) is 10.5 Å². The highest BCUT2D eigenvalue weighted by Gasteiger charge is 2.28. The quantitative estimate of drug-likeness (QED) is 0.748. The van der Waals surface area contributed by atoms with Gasteiger partial charge in [-0.3, -0.25) is 4.79 Å². The monoisotopic (exact) mass is 240 g/mol. The van der Waals surface area contributed by atoms with Gasteiger partial charge in [0.05, 0.1) is 13.0 Å². The molecule has 4 heteroatoms. The van der Waals surface area contributed by atoms with E-state index in [0.717, 1.165) is 31.8 Å². The lowest BCUT2D eigenvalue weighted by molar-refractivity contribution is -0.147. The minimum Gasteiger partial charge on any atom is -0.469 e. The molecule has 0 unspecified atom stereocenters. The van der Waals surface area contributed by atoms with Crippen LogP contribution in [-0.2, 0) is 9.53 Å². The molecule has 0 aromatic rings. The Morgan fingerprint density at radius 3 is 2.53 bits per heavy atom. The summed E-state index contributed by atoms with van der Waals surface area (Å²) in [5.74, 6) is 0.870. The molecule has 1 heterocycles. The van der Waals surface area contributed by atoms with Gasteiger partial charge in [0, 0.05) is 12.6 Å². The molecule has 1 aliphatic carbocycles. The van der Waals surface area contributed by atoms with E-state index in [1.165, 1.54) is 32.9 Å². The molecule has 2 N–H and O–H groups in total. The molecule has 98 valence electrons. The highest BCUT2D eigenvalue weighted by Crippen LogP contribution is 2.27. The van der Waals surface area contributed by atoms with Crippen molar-refractivity contribution in [2.24, 2.45) is 17.6 Å². The van der Waals surface area contributed by atoms with E-state index in [0.29, 0.717) is 6.04 Å². The third-order valence-corrected chi connectivity index (χ3v) is 4.22. The van der Waals surface area contributed by atoms with Gasteiger partial charge in [-0.2, -0.15) is 0 Å². The SMILES string of the molecule is COC(=O)C1CCN(C[C@H]2CC[C@H](N)C2)CC1. The van der Waals surface area contributed by atoms with Crippen LogP contribution in [0.2, 0.25) is 0 Å². The van der Waals surface area contributed by atoms with Gasteiger partial charge in [-0.15, -0.1) is 0 Å². The summed E-state index contributed by atoms with van der Waals surface area (Å²) in [6.07, 6.45) is 5.54. The average molecular weight is 240 g/mol. The molecule has 17 heavy (non-hydrogen) atoms. The smallest absolute Gasteiger partial charge is 0.308 e. The number of nitrogens with zero attached hydrogens (tertiary/aromatic N) is 1. The predicted molar refractivity (Wildman–Crippen MR) is 66.5 cm³/mol. The van der Waals surface area contributed by atoms with Crippen molar-refractivity contribution in [3.8, 4) is 0 Å². The van der Waals surface area contributed by atoms with E-state index in [1.54, 1.807) is 0 Å². The maximum absolute atomic E-state index is 11.4. The van der Waals surface area contributed by atoms with Gasteiger partial charge in [-0.1, -0.05) is 0 Å². The number of hydrogen-bond acceptors (Lipinski definition) is 4. The van der Waals surface area contributed by atoms with E-state index in [2.05, 4.69) is 4.90 Å². The molecular weight excluding hydrogens is 216 g/mol. The number of hydrogen-bond donors (Lipinski definition) is 1. The topological polar surface area (TPSA) is 55.6 Å². The maximum atomic E-state index is 11.4. The zero-order valence-corrected chi connectivity index (χ0v) is 10.7. The van der Waals surface area contributed by atoms with Crippen molar-refractivity contribution in [1.29, 1.82) is 0 Å². The third-order valence-electron chi connectivity index (χ3n) is 4.22. The number of nitrogens with two attached hydrogens (primary N) is 1.